The van der Waals surface area contributed by atoms with Crippen molar-refractivity contribution < 1.29 is 9.53 Å². The molecule has 28 heavy (non-hydrogen) atoms. The van der Waals surface area contributed by atoms with E-state index in [0.29, 0.717) is 29.5 Å². The van der Waals surface area contributed by atoms with Gasteiger partial charge in [0.1, 0.15) is 5.75 Å². The Morgan fingerprint density at radius 3 is 2.61 bits per heavy atom. The average molecular weight is 397 g/mol. The lowest BCUT2D eigenvalue weighted by Crippen LogP contribution is -2.26. The van der Waals surface area contributed by atoms with Gasteiger partial charge in [-0.1, -0.05) is 35.9 Å². The molecule has 0 saturated heterocycles. The van der Waals surface area contributed by atoms with Crippen LogP contribution in [-0.4, -0.2) is 29.5 Å². The van der Waals surface area contributed by atoms with Gasteiger partial charge < -0.3 is 15.4 Å². The lowest BCUT2D eigenvalue weighted by Gasteiger charge is -2.10. The standard InChI is InChI=1S/C21H21ClN4O2/c1-14-17(22)7-5-8-18(14)26-21-24-12-16(13-25-21)20(27)23-11-10-15-6-3-4-9-19(15)28-2/h3-9,12-13H,10-11H2,1-2H3,(H,23,27)(H,24,25,26). The lowest BCUT2D eigenvalue weighted by molar-refractivity contribution is 0.0953. The van der Waals surface area contributed by atoms with Gasteiger partial charge in [0.2, 0.25) is 5.95 Å². The number of anilines is 2. The first-order chi connectivity index (χ1) is 13.6. The van der Waals surface area contributed by atoms with Crippen molar-refractivity contribution in [2.45, 2.75) is 13.3 Å². The molecule has 1 aromatic heterocycles. The highest BCUT2D eigenvalue weighted by Crippen LogP contribution is 2.24. The van der Waals surface area contributed by atoms with Gasteiger partial charge in [-0.05, 0) is 42.7 Å². The average Bonchev–Trinajstić information content (AvgIpc) is 2.72. The molecule has 0 unspecified atom stereocenters. The van der Waals surface area contributed by atoms with Crippen LogP contribution >= 0.6 is 11.6 Å². The van der Waals surface area contributed by atoms with Crippen LogP contribution in [0.1, 0.15) is 21.5 Å². The van der Waals surface area contributed by atoms with E-state index in [1.165, 1.54) is 12.4 Å². The third-order valence-electron chi connectivity index (χ3n) is 4.30. The maximum Gasteiger partial charge on any atom is 0.254 e. The SMILES string of the molecule is COc1ccccc1CCNC(=O)c1cnc(Nc2cccc(Cl)c2C)nc1. The Bertz CT molecular complexity index is 961. The number of amides is 1. The predicted molar refractivity (Wildman–Crippen MR) is 111 cm³/mol. The normalized spacial score (nSPS) is 10.4. The molecule has 0 aliphatic rings. The lowest BCUT2D eigenvalue weighted by atomic mass is 10.1. The van der Waals surface area contributed by atoms with Gasteiger partial charge in [0.15, 0.2) is 0 Å². The Hall–Kier alpha value is -3.12. The molecule has 1 heterocycles. The van der Waals surface area contributed by atoms with E-state index >= 15 is 0 Å². The number of ether oxygens (including phenoxy) is 1. The molecule has 0 aliphatic carbocycles. The highest BCUT2D eigenvalue weighted by molar-refractivity contribution is 6.31. The third kappa shape index (κ3) is 4.78. The molecule has 0 saturated carbocycles. The number of para-hydroxylation sites is 1. The van der Waals surface area contributed by atoms with Gasteiger partial charge in [-0.3, -0.25) is 4.79 Å². The number of hydrogen-bond donors (Lipinski definition) is 2. The van der Waals surface area contributed by atoms with E-state index in [0.717, 1.165) is 22.6 Å². The van der Waals surface area contributed by atoms with E-state index < -0.39 is 0 Å². The van der Waals surface area contributed by atoms with Gasteiger partial charge in [-0.15, -0.1) is 0 Å². The summed E-state index contributed by atoms with van der Waals surface area (Å²) in [5.41, 5.74) is 3.17. The molecular weight excluding hydrogens is 376 g/mol. The van der Waals surface area contributed by atoms with Crippen LogP contribution in [0.3, 0.4) is 0 Å². The topological polar surface area (TPSA) is 76.1 Å². The highest BCUT2D eigenvalue weighted by Gasteiger charge is 2.09. The molecule has 0 bridgehead atoms. The van der Waals surface area contributed by atoms with Crippen LogP contribution < -0.4 is 15.4 Å². The number of hydrogen-bond acceptors (Lipinski definition) is 5. The van der Waals surface area contributed by atoms with Crippen molar-refractivity contribution in [1.29, 1.82) is 0 Å². The summed E-state index contributed by atoms with van der Waals surface area (Å²) in [6, 6.07) is 13.3. The van der Waals surface area contributed by atoms with Crippen LogP contribution in [0.2, 0.25) is 5.02 Å². The van der Waals surface area contributed by atoms with Gasteiger partial charge in [-0.25, -0.2) is 9.97 Å². The molecule has 0 spiro atoms. The molecule has 0 aliphatic heterocycles. The molecule has 144 valence electrons. The third-order valence-corrected chi connectivity index (χ3v) is 4.71. The number of halogens is 1. The Kier molecular flexibility index (Phi) is 6.45. The van der Waals surface area contributed by atoms with Crippen LogP contribution in [-0.2, 0) is 6.42 Å². The van der Waals surface area contributed by atoms with Gasteiger partial charge in [0, 0.05) is 29.6 Å². The molecule has 2 N–H and O–H groups in total. The van der Waals surface area contributed by atoms with E-state index in [-0.39, 0.29) is 5.91 Å². The van der Waals surface area contributed by atoms with Crippen LogP contribution in [0.4, 0.5) is 11.6 Å². The summed E-state index contributed by atoms with van der Waals surface area (Å²) in [6.45, 7) is 2.40. The zero-order chi connectivity index (χ0) is 19.9. The molecule has 3 aromatic rings. The summed E-state index contributed by atoms with van der Waals surface area (Å²) in [7, 11) is 1.63. The van der Waals surface area contributed by atoms with E-state index in [1.807, 2.05) is 49.4 Å². The Morgan fingerprint density at radius 1 is 1.11 bits per heavy atom. The Balaban J connectivity index is 1.57. The first-order valence-corrected chi connectivity index (χ1v) is 9.20. The van der Waals surface area contributed by atoms with Crippen LogP contribution in [0, 0.1) is 6.92 Å². The molecule has 3 rings (SSSR count). The molecule has 7 heteroatoms. The number of nitrogens with one attached hydrogen (secondary N) is 2. The molecular formula is C21H21ClN4O2. The second-order valence-corrected chi connectivity index (χ2v) is 6.56. The smallest absolute Gasteiger partial charge is 0.254 e. The monoisotopic (exact) mass is 396 g/mol. The van der Waals surface area contributed by atoms with Crippen molar-refractivity contribution in [1.82, 2.24) is 15.3 Å². The van der Waals surface area contributed by atoms with E-state index in [9.17, 15) is 4.79 Å². The molecule has 2 aromatic carbocycles. The predicted octanol–water partition coefficient (Wildman–Crippen LogP) is 4.16. The summed E-state index contributed by atoms with van der Waals surface area (Å²) < 4.78 is 5.32. The maximum absolute atomic E-state index is 12.3. The van der Waals surface area contributed by atoms with Gasteiger partial charge >= 0.3 is 0 Å². The fourth-order valence-electron chi connectivity index (χ4n) is 2.70. The molecule has 1 amide bonds. The first-order valence-electron chi connectivity index (χ1n) is 8.82. The van der Waals surface area contributed by atoms with Crippen molar-refractivity contribution in [3.8, 4) is 5.75 Å². The number of benzene rings is 2. The highest BCUT2D eigenvalue weighted by atomic mass is 35.5. The number of aromatic nitrogens is 2. The molecule has 0 fully saturated rings. The van der Waals surface area contributed by atoms with Crippen molar-refractivity contribution in [2.24, 2.45) is 0 Å². The minimum absolute atomic E-state index is 0.222. The van der Waals surface area contributed by atoms with E-state index in [4.69, 9.17) is 16.3 Å². The fourth-order valence-corrected chi connectivity index (χ4v) is 2.87. The van der Waals surface area contributed by atoms with Gasteiger partial charge in [-0.2, -0.15) is 0 Å². The van der Waals surface area contributed by atoms with Crippen LogP contribution in [0.5, 0.6) is 5.75 Å². The van der Waals surface area contributed by atoms with Gasteiger partial charge in [0.05, 0.1) is 12.7 Å². The molecule has 0 atom stereocenters. The Labute approximate surface area is 168 Å². The maximum atomic E-state index is 12.3. The van der Waals surface area contributed by atoms with Crippen molar-refractivity contribution in [2.75, 3.05) is 19.0 Å². The quantitative estimate of drug-likeness (QED) is 0.627. The fraction of sp³-hybridized carbons (Fsp3) is 0.190. The summed E-state index contributed by atoms with van der Waals surface area (Å²) >= 11 is 6.12. The van der Waals surface area contributed by atoms with E-state index in [2.05, 4.69) is 20.6 Å². The number of methoxy groups -OCH3 is 1. The number of carbonyl (C=O) groups is 1. The zero-order valence-electron chi connectivity index (χ0n) is 15.7. The van der Waals surface area contributed by atoms with Crippen molar-refractivity contribution in [3.05, 3.63) is 76.6 Å². The number of nitrogens with zero attached hydrogens (tertiary/aromatic N) is 2. The minimum Gasteiger partial charge on any atom is -0.496 e. The number of carbonyl (C=O) groups excluding carboxylic acids is 1. The second-order valence-electron chi connectivity index (χ2n) is 6.15. The van der Waals surface area contributed by atoms with Crippen LogP contribution in [0.15, 0.2) is 54.9 Å². The Morgan fingerprint density at radius 2 is 1.86 bits per heavy atom. The summed E-state index contributed by atoms with van der Waals surface area (Å²) in [5, 5.41) is 6.64. The van der Waals surface area contributed by atoms with Crippen molar-refractivity contribution in [3.63, 3.8) is 0 Å². The second kappa shape index (κ2) is 9.19. The largest absolute Gasteiger partial charge is 0.496 e. The van der Waals surface area contributed by atoms with Crippen molar-refractivity contribution >= 4 is 29.1 Å². The van der Waals surface area contributed by atoms with Gasteiger partial charge in [0.25, 0.3) is 5.91 Å². The summed E-state index contributed by atoms with van der Waals surface area (Å²) in [4.78, 5) is 20.7. The summed E-state index contributed by atoms with van der Waals surface area (Å²) in [5.74, 6) is 0.989. The minimum atomic E-state index is -0.222. The van der Waals surface area contributed by atoms with Crippen LogP contribution in [0.25, 0.3) is 0 Å². The zero-order valence-corrected chi connectivity index (χ0v) is 16.5. The molecule has 0 radical (unpaired) electrons. The molecule has 6 nitrogen and oxygen atoms in total. The first kappa shape index (κ1) is 19.6. The number of rotatable bonds is 7. The summed E-state index contributed by atoms with van der Waals surface area (Å²) in [6.07, 6.45) is 3.66. The van der Waals surface area contributed by atoms with E-state index in [1.54, 1.807) is 7.11 Å².